The summed E-state index contributed by atoms with van der Waals surface area (Å²) in [7, 11) is 1.67. The molecule has 7 nitrogen and oxygen atoms in total. The Balaban J connectivity index is 1.35. The van der Waals surface area contributed by atoms with Crippen molar-refractivity contribution < 1.29 is 18.7 Å². The van der Waals surface area contributed by atoms with Gasteiger partial charge in [-0.15, -0.1) is 0 Å². The number of carbonyl (C=O) groups excluding carboxylic acids is 2. The molecule has 2 fully saturated rings. The average Bonchev–Trinajstić information content (AvgIpc) is 3.43. The SMILES string of the molecule is COc1ccc(CN2CCCN(C(=O)C3CCCN3C(=O)c3ccco3)CC2)cc1. The lowest BCUT2D eigenvalue weighted by atomic mass is 10.1. The first-order valence-electron chi connectivity index (χ1n) is 10.6. The number of ether oxygens (including phenoxy) is 1. The zero-order chi connectivity index (χ0) is 20.9. The van der Waals surface area contributed by atoms with Crippen LogP contribution in [0.2, 0.25) is 0 Å². The first-order valence-corrected chi connectivity index (χ1v) is 10.6. The van der Waals surface area contributed by atoms with Gasteiger partial charge in [-0.25, -0.2) is 0 Å². The number of benzene rings is 1. The summed E-state index contributed by atoms with van der Waals surface area (Å²) in [5.41, 5.74) is 1.24. The quantitative estimate of drug-likeness (QED) is 0.757. The van der Waals surface area contributed by atoms with Gasteiger partial charge in [0.25, 0.3) is 5.91 Å². The Morgan fingerprint density at radius 3 is 2.60 bits per heavy atom. The van der Waals surface area contributed by atoms with Crippen LogP contribution in [0.4, 0.5) is 0 Å². The summed E-state index contributed by atoms with van der Waals surface area (Å²) >= 11 is 0. The average molecular weight is 412 g/mol. The second-order valence-corrected chi connectivity index (χ2v) is 7.94. The fourth-order valence-electron chi connectivity index (χ4n) is 4.36. The van der Waals surface area contributed by atoms with Crippen LogP contribution in [0.5, 0.6) is 5.75 Å². The number of hydrogen-bond acceptors (Lipinski definition) is 5. The summed E-state index contributed by atoms with van der Waals surface area (Å²) in [6.07, 6.45) is 3.99. The predicted molar refractivity (Wildman–Crippen MR) is 112 cm³/mol. The normalized spacial score (nSPS) is 20.2. The molecule has 0 spiro atoms. The van der Waals surface area contributed by atoms with Gasteiger partial charge in [0, 0.05) is 39.3 Å². The molecule has 1 atom stereocenters. The maximum absolute atomic E-state index is 13.2. The van der Waals surface area contributed by atoms with E-state index in [0.717, 1.165) is 51.2 Å². The van der Waals surface area contributed by atoms with Crippen molar-refractivity contribution in [3.05, 3.63) is 54.0 Å². The summed E-state index contributed by atoms with van der Waals surface area (Å²) in [5.74, 6) is 1.04. The van der Waals surface area contributed by atoms with E-state index in [1.807, 2.05) is 17.0 Å². The van der Waals surface area contributed by atoms with Gasteiger partial charge >= 0.3 is 0 Å². The van der Waals surface area contributed by atoms with Crippen LogP contribution in [0, 0.1) is 0 Å². The second-order valence-electron chi connectivity index (χ2n) is 7.94. The molecule has 0 N–H and O–H groups in total. The van der Waals surface area contributed by atoms with Gasteiger partial charge in [0.1, 0.15) is 11.8 Å². The topological polar surface area (TPSA) is 66.2 Å². The molecular formula is C23H29N3O4. The Morgan fingerprint density at radius 2 is 1.87 bits per heavy atom. The fourth-order valence-corrected chi connectivity index (χ4v) is 4.36. The minimum atomic E-state index is -0.379. The van der Waals surface area contributed by atoms with E-state index >= 15 is 0 Å². The lowest BCUT2D eigenvalue weighted by Gasteiger charge is -2.29. The van der Waals surface area contributed by atoms with Gasteiger partial charge in [-0.1, -0.05) is 12.1 Å². The predicted octanol–water partition coefficient (Wildman–Crippen LogP) is 2.63. The number of furan rings is 1. The van der Waals surface area contributed by atoms with E-state index in [1.165, 1.54) is 11.8 Å². The molecule has 4 rings (SSSR count). The van der Waals surface area contributed by atoms with Gasteiger partial charge in [-0.05, 0) is 49.1 Å². The smallest absolute Gasteiger partial charge is 0.290 e. The summed E-state index contributed by atoms with van der Waals surface area (Å²) in [6.45, 7) is 4.67. The number of rotatable bonds is 5. The van der Waals surface area contributed by atoms with Crippen molar-refractivity contribution in [2.75, 3.05) is 39.8 Å². The van der Waals surface area contributed by atoms with Crippen molar-refractivity contribution in [1.29, 1.82) is 0 Å². The van der Waals surface area contributed by atoms with Crippen molar-refractivity contribution in [3.63, 3.8) is 0 Å². The van der Waals surface area contributed by atoms with Crippen LogP contribution < -0.4 is 4.74 Å². The van der Waals surface area contributed by atoms with E-state index in [2.05, 4.69) is 17.0 Å². The highest BCUT2D eigenvalue weighted by atomic mass is 16.5. The molecule has 1 aromatic heterocycles. The third kappa shape index (κ3) is 4.51. The van der Waals surface area contributed by atoms with Crippen LogP contribution in [0.25, 0.3) is 0 Å². The number of carbonyl (C=O) groups is 2. The molecule has 2 amide bonds. The van der Waals surface area contributed by atoms with Crippen molar-refractivity contribution >= 4 is 11.8 Å². The standard InChI is InChI=1S/C23H29N3O4/c1-29-19-9-7-18(8-10-19)17-24-11-4-12-25(15-14-24)22(27)20-5-2-13-26(20)23(28)21-6-3-16-30-21/h3,6-10,16,20H,2,4-5,11-15,17H2,1H3. The Morgan fingerprint density at radius 1 is 1.03 bits per heavy atom. The zero-order valence-corrected chi connectivity index (χ0v) is 17.5. The Hall–Kier alpha value is -2.80. The molecule has 2 saturated heterocycles. The minimum Gasteiger partial charge on any atom is -0.497 e. The minimum absolute atomic E-state index is 0.0682. The highest BCUT2D eigenvalue weighted by molar-refractivity contribution is 5.96. The summed E-state index contributed by atoms with van der Waals surface area (Å²) in [6, 6.07) is 11.1. The largest absolute Gasteiger partial charge is 0.497 e. The van der Waals surface area contributed by atoms with Crippen LogP contribution in [0.15, 0.2) is 47.1 Å². The van der Waals surface area contributed by atoms with Crippen molar-refractivity contribution in [2.24, 2.45) is 0 Å². The maximum atomic E-state index is 13.2. The van der Waals surface area contributed by atoms with Crippen molar-refractivity contribution in [1.82, 2.24) is 14.7 Å². The molecule has 0 radical (unpaired) electrons. The van der Waals surface area contributed by atoms with E-state index in [4.69, 9.17) is 9.15 Å². The molecule has 2 aliphatic rings. The summed E-state index contributed by atoms with van der Waals surface area (Å²) < 4.78 is 10.5. The number of likely N-dealkylation sites (tertiary alicyclic amines) is 1. The Bertz CT molecular complexity index is 850. The molecule has 2 aromatic rings. The van der Waals surface area contributed by atoms with E-state index in [1.54, 1.807) is 24.1 Å². The number of amides is 2. The van der Waals surface area contributed by atoms with Crippen LogP contribution in [-0.2, 0) is 11.3 Å². The van der Waals surface area contributed by atoms with Crippen molar-refractivity contribution in [3.8, 4) is 5.75 Å². The summed E-state index contributed by atoms with van der Waals surface area (Å²) in [4.78, 5) is 32.0. The second kappa shape index (κ2) is 9.34. The van der Waals surface area contributed by atoms with E-state index < -0.39 is 0 Å². The van der Waals surface area contributed by atoms with Gasteiger partial charge in [0.15, 0.2) is 5.76 Å². The highest BCUT2D eigenvalue weighted by Crippen LogP contribution is 2.23. The molecule has 3 heterocycles. The molecule has 7 heteroatoms. The highest BCUT2D eigenvalue weighted by Gasteiger charge is 2.38. The molecule has 0 aliphatic carbocycles. The lowest BCUT2D eigenvalue weighted by molar-refractivity contribution is -0.135. The van der Waals surface area contributed by atoms with Gasteiger partial charge in [0.05, 0.1) is 13.4 Å². The maximum Gasteiger partial charge on any atom is 0.290 e. The van der Waals surface area contributed by atoms with Gasteiger partial charge < -0.3 is 19.0 Å². The van der Waals surface area contributed by atoms with Crippen LogP contribution in [0.1, 0.15) is 35.4 Å². The Labute approximate surface area is 177 Å². The van der Waals surface area contributed by atoms with Crippen molar-refractivity contribution in [2.45, 2.75) is 31.8 Å². The van der Waals surface area contributed by atoms with Gasteiger partial charge in [-0.2, -0.15) is 0 Å². The number of nitrogens with zero attached hydrogens (tertiary/aromatic N) is 3. The van der Waals surface area contributed by atoms with Gasteiger partial charge in [-0.3, -0.25) is 14.5 Å². The van der Waals surface area contributed by atoms with Crippen LogP contribution >= 0.6 is 0 Å². The van der Waals surface area contributed by atoms with E-state index in [0.29, 0.717) is 18.8 Å². The zero-order valence-electron chi connectivity index (χ0n) is 17.5. The molecule has 2 aliphatic heterocycles. The first-order chi connectivity index (χ1) is 14.7. The van der Waals surface area contributed by atoms with Gasteiger partial charge in [0.2, 0.25) is 5.91 Å². The fraction of sp³-hybridized carbons (Fsp3) is 0.478. The molecular weight excluding hydrogens is 382 g/mol. The number of methoxy groups -OCH3 is 1. The molecule has 30 heavy (non-hydrogen) atoms. The van der Waals surface area contributed by atoms with E-state index in [-0.39, 0.29) is 17.9 Å². The molecule has 0 bridgehead atoms. The van der Waals surface area contributed by atoms with Crippen LogP contribution in [-0.4, -0.2) is 72.4 Å². The monoisotopic (exact) mass is 411 g/mol. The molecule has 1 aromatic carbocycles. The first kappa shape index (κ1) is 20.5. The van der Waals surface area contributed by atoms with Crippen LogP contribution in [0.3, 0.4) is 0 Å². The van der Waals surface area contributed by atoms with E-state index in [9.17, 15) is 9.59 Å². The molecule has 0 saturated carbocycles. The Kier molecular flexibility index (Phi) is 6.38. The summed E-state index contributed by atoms with van der Waals surface area (Å²) in [5, 5.41) is 0. The molecule has 1 unspecified atom stereocenters. The third-order valence-electron chi connectivity index (χ3n) is 6.00. The molecule has 160 valence electrons. The third-order valence-corrected chi connectivity index (χ3v) is 6.00. The number of hydrogen-bond donors (Lipinski definition) is 0. The lowest BCUT2D eigenvalue weighted by Crippen LogP contribution is -2.48.